The van der Waals surface area contributed by atoms with Crippen molar-refractivity contribution < 1.29 is 31.1 Å². The Kier molecular flexibility index (Phi) is 5.51. The third-order valence-electron chi connectivity index (χ3n) is 4.93. The average molecular weight is 416 g/mol. The van der Waals surface area contributed by atoms with E-state index in [0.717, 1.165) is 24.6 Å². The van der Waals surface area contributed by atoms with E-state index in [-0.39, 0.29) is 6.54 Å². The molecule has 3 rings (SSSR count). The zero-order valence-electron chi connectivity index (χ0n) is 15.3. The molecule has 0 saturated heterocycles. The molecule has 0 spiro atoms. The largest absolute Gasteiger partial charge is 0.416 e. The Morgan fingerprint density at radius 1 is 1.03 bits per heavy atom. The standard InChI is InChI=1S/C20H18F6N2O/c1-12(19(21,22)23)27-18(29)28-11-10-13-4-2-3-5-16(13)17(28)14-6-8-15(9-7-14)20(24,25)26/h2-9,12,17H,10-11H2,1H3,(H,27,29)/t12?,17-/m1/s1. The summed E-state index contributed by atoms with van der Waals surface area (Å²) < 4.78 is 77.2. The van der Waals surface area contributed by atoms with Crippen molar-refractivity contribution >= 4 is 6.03 Å². The summed E-state index contributed by atoms with van der Waals surface area (Å²) in [6, 6.07) is 7.62. The molecule has 1 aliphatic heterocycles. The van der Waals surface area contributed by atoms with Gasteiger partial charge in [-0.1, -0.05) is 36.4 Å². The maximum Gasteiger partial charge on any atom is 0.416 e. The van der Waals surface area contributed by atoms with Gasteiger partial charge in [0.2, 0.25) is 0 Å². The maximum absolute atomic E-state index is 12.9. The Labute approximate surface area is 163 Å². The second-order valence-electron chi connectivity index (χ2n) is 6.88. The number of amides is 2. The second kappa shape index (κ2) is 7.61. The summed E-state index contributed by atoms with van der Waals surface area (Å²) in [5, 5.41) is 1.94. The van der Waals surface area contributed by atoms with E-state index in [2.05, 4.69) is 0 Å². The number of nitrogens with zero attached hydrogens (tertiary/aromatic N) is 1. The summed E-state index contributed by atoms with van der Waals surface area (Å²) in [4.78, 5) is 13.8. The molecule has 2 aromatic rings. The SMILES string of the molecule is CC(NC(=O)N1CCc2ccccc2[C@H]1c1ccc(C(F)(F)F)cc1)C(F)(F)F. The van der Waals surface area contributed by atoms with Crippen molar-refractivity contribution in [1.82, 2.24) is 10.2 Å². The van der Waals surface area contributed by atoms with E-state index < -0.39 is 36.0 Å². The van der Waals surface area contributed by atoms with E-state index in [1.165, 1.54) is 17.0 Å². The normalized spacial score (nSPS) is 18.2. The Hall–Kier alpha value is -2.71. The van der Waals surface area contributed by atoms with Crippen LogP contribution in [0.15, 0.2) is 48.5 Å². The molecule has 2 atom stereocenters. The first-order chi connectivity index (χ1) is 13.5. The molecule has 1 heterocycles. The molecule has 156 valence electrons. The number of hydrogen-bond donors (Lipinski definition) is 1. The summed E-state index contributed by atoms with van der Waals surface area (Å²) >= 11 is 0. The highest BCUT2D eigenvalue weighted by Gasteiger charge is 2.40. The molecule has 9 heteroatoms. The monoisotopic (exact) mass is 416 g/mol. The molecule has 0 saturated carbocycles. The lowest BCUT2D eigenvalue weighted by Gasteiger charge is -2.38. The van der Waals surface area contributed by atoms with Gasteiger partial charge in [-0.25, -0.2) is 4.79 Å². The minimum Gasteiger partial charge on any atom is -0.326 e. The highest BCUT2D eigenvalue weighted by molar-refractivity contribution is 5.76. The lowest BCUT2D eigenvalue weighted by atomic mass is 9.88. The van der Waals surface area contributed by atoms with Gasteiger partial charge in [0, 0.05) is 6.54 Å². The quantitative estimate of drug-likeness (QED) is 0.661. The second-order valence-corrected chi connectivity index (χ2v) is 6.88. The van der Waals surface area contributed by atoms with Crippen molar-refractivity contribution in [2.45, 2.75) is 37.8 Å². The molecule has 29 heavy (non-hydrogen) atoms. The first kappa shape index (κ1) is 21.0. The lowest BCUT2D eigenvalue weighted by molar-refractivity contribution is -0.149. The number of fused-ring (bicyclic) bond motifs is 1. The van der Waals surface area contributed by atoms with Crippen LogP contribution in [-0.4, -0.2) is 29.7 Å². The van der Waals surface area contributed by atoms with Crippen LogP contribution in [0.2, 0.25) is 0 Å². The van der Waals surface area contributed by atoms with E-state index in [0.29, 0.717) is 17.5 Å². The van der Waals surface area contributed by atoms with Crippen molar-refractivity contribution in [1.29, 1.82) is 0 Å². The molecule has 2 aromatic carbocycles. The van der Waals surface area contributed by atoms with Gasteiger partial charge >= 0.3 is 18.4 Å². The van der Waals surface area contributed by atoms with Crippen LogP contribution in [0.4, 0.5) is 31.1 Å². The van der Waals surface area contributed by atoms with Gasteiger partial charge < -0.3 is 10.2 Å². The molecular weight excluding hydrogens is 398 g/mol. The molecule has 1 aliphatic rings. The summed E-state index contributed by atoms with van der Waals surface area (Å²) in [6.07, 6.45) is -8.68. The predicted octanol–water partition coefficient (Wildman–Crippen LogP) is 5.31. The molecule has 1 unspecified atom stereocenters. The van der Waals surface area contributed by atoms with Crippen LogP contribution in [-0.2, 0) is 12.6 Å². The molecular formula is C20H18F6N2O. The fourth-order valence-corrected chi connectivity index (χ4v) is 3.35. The van der Waals surface area contributed by atoms with Crippen LogP contribution in [0.5, 0.6) is 0 Å². The molecule has 1 N–H and O–H groups in total. The molecule has 0 bridgehead atoms. The van der Waals surface area contributed by atoms with E-state index in [4.69, 9.17) is 0 Å². The first-order valence-corrected chi connectivity index (χ1v) is 8.87. The number of halogens is 6. The Balaban J connectivity index is 1.97. The Morgan fingerprint density at radius 3 is 2.24 bits per heavy atom. The minimum absolute atomic E-state index is 0.138. The van der Waals surface area contributed by atoms with Crippen molar-refractivity contribution in [3.8, 4) is 0 Å². The molecule has 0 aliphatic carbocycles. The third kappa shape index (κ3) is 4.49. The van der Waals surface area contributed by atoms with E-state index >= 15 is 0 Å². The van der Waals surface area contributed by atoms with Crippen molar-refractivity contribution in [3.63, 3.8) is 0 Å². The van der Waals surface area contributed by atoms with Crippen LogP contribution in [0.3, 0.4) is 0 Å². The van der Waals surface area contributed by atoms with Crippen LogP contribution in [0, 0.1) is 0 Å². The minimum atomic E-state index is -4.60. The van der Waals surface area contributed by atoms with Gasteiger partial charge in [0.25, 0.3) is 0 Å². The van der Waals surface area contributed by atoms with E-state index in [1.54, 1.807) is 18.2 Å². The number of carbonyl (C=O) groups is 1. The van der Waals surface area contributed by atoms with Gasteiger partial charge in [0.05, 0.1) is 11.6 Å². The van der Waals surface area contributed by atoms with Crippen LogP contribution >= 0.6 is 0 Å². The number of hydrogen-bond acceptors (Lipinski definition) is 1. The smallest absolute Gasteiger partial charge is 0.326 e. The van der Waals surface area contributed by atoms with Crippen LogP contribution in [0.1, 0.15) is 35.2 Å². The molecule has 2 amide bonds. The number of alkyl halides is 6. The number of nitrogens with one attached hydrogen (secondary N) is 1. The van der Waals surface area contributed by atoms with Gasteiger partial charge in [0.1, 0.15) is 6.04 Å². The lowest BCUT2D eigenvalue weighted by Crippen LogP contribution is -2.52. The zero-order valence-corrected chi connectivity index (χ0v) is 15.3. The molecule has 0 radical (unpaired) electrons. The summed E-state index contributed by atoms with van der Waals surface area (Å²) in [7, 11) is 0. The van der Waals surface area contributed by atoms with Crippen molar-refractivity contribution in [2.24, 2.45) is 0 Å². The molecule has 0 aromatic heterocycles. The van der Waals surface area contributed by atoms with Crippen LogP contribution in [0.25, 0.3) is 0 Å². The van der Waals surface area contributed by atoms with Gasteiger partial charge in [-0.3, -0.25) is 0 Å². The summed E-state index contributed by atoms with van der Waals surface area (Å²) in [5.74, 6) is 0. The predicted molar refractivity (Wildman–Crippen MR) is 94.2 cm³/mol. The first-order valence-electron chi connectivity index (χ1n) is 8.87. The fraction of sp³-hybridized carbons (Fsp3) is 0.350. The molecule has 3 nitrogen and oxygen atoms in total. The third-order valence-corrected chi connectivity index (χ3v) is 4.93. The van der Waals surface area contributed by atoms with Gasteiger partial charge in [-0.05, 0) is 42.2 Å². The number of rotatable bonds is 2. The van der Waals surface area contributed by atoms with E-state index in [9.17, 15) is 31.1 Å². The van der Waals surface area contributed by atoms with Gasteiger partial charge in [-0.2, -0.15) is 26.3 Å². The average Bonchev–Trinajstić information content (AvgIpc) is 2.65. The fourth-order valence-electron chi connectivity index (χ4n) is 3.35. The zero-order chi connectivity index (χ0) is 21.4. The Bertz CT molecular complexity index is 876. The topological polar surface area (TPSA) is 32.3 Å². The van der Waals surface area contributed by atoms with Gasteiger partial charge in [0.15, 0.2) is 0 Å². The summed E-state index contributed by atoms with van der Waals surface area (Å²) in [6.45, 7) is 0.974. The summed E-state index contributed by atoms with van der Waals surface area (Å²) in [5.41, 5.74) is 1.12. The highest BCUT2D eigenvalue weighted by atomic mass is 19.4. The number of urea groups is 1. The van der Waals surface area contributed by atoms with E-state index in [1.807, 2.05) is 11.4 Å². The number of benzene rings is 2. The van der Waals surface area contributed by atoms with Crippen LogP contribution < -0.4 is 5.32 Å². The highest BCUT2D eigenvalue weighted by Crippen LogP contribution is 2.37. The van der Waals surface area contributed by atoms with Crippen molar-refractivity contribution in [2.75, 3.05) is 6.54 Å². The number of carbonyl (C=O) groups excluding carboxylic acids is 1. The molecule has 0 fully saturated rings. The van der Waals surface area contributed by atoms with Gasteiger partial charge in [-0.15, -0.1) is 0 Å². The maximum atomic E-state index is 12.9. The van der Waals surface area contributed by atoms with Crippen molar-refractivity contribution in [3.05, 3.63) is 70.8 Å². The Morgan fingerprint density at radius 2 is 1.66 bits per heavy atom.